The molecule has 3 heteroatoms. The van der Waals surface area contributed by atoms with Crippen molar-refractivity contribution in [2.45, 2.75) is 26.2 Å². The van der Waals surface area contributed by atoms with Crippen molar-refractivity contribution in [1.29, 1.82) is 5.26 Å². The van der Waals surface area contributed by atoms with Crippen molar-refractivity contribution in [3.8, 4) is 6.07 Å². The molecule has 0 unspecified atom stereocenters. The quantitative estimate of drug-likeness (QED) is 0.813. The number of aliphatic carboxylic acids is 1. The van der Waals surface area contributed by atoms with E-state index < -0.39 is 5.97 Å². The number of rotatable bonds is 4. The Morgan fingerprint density at radius 1 is 1.47 bits per heavy atom. The number of hydrogen-bond acceptors (Lipinski definition) is 2. The highest BCUT2D eigenvalue weighted by molar-refractivity contribution is 5.70. The summed E-state index contributed by atoms with van der Waals surface area (Å²) < 4.78 is 0. The zero-order valence-electron chi connectivity index (χ0n) is 8.66. The summed E-state index contributed by atoms with van der Waals surface area (Å²) in [5, 5.41) is 17.3. The Bertz CT molecular complexity index is 405. The topological polar surface area (TPSA) is 61.1 Å². The summed E-state index contributed by atoms with van der Waals surface area (Å²) in [4.78, 5) is 10.5. The van der Waals surface area contributed by atoms with E-state index in [0.29, 0.717) is 6.42 Å². The second kappa shape index (κ2) is 5.16. The molecule has 0 bridgehead atoms. The lowest BCUT2D eigenvalue weighted by atomic mass is 9.99. The first-order chi connectivity index (χ1) is 7.17. The Morgan fingerprint density at radius 3 is 2.73 bits per heavy atom. The number of nitriles is 1. The van der Waals surface area contributed by atoms with Gasteiger partial charge in [-0.2, -0.15) is 5.26 Å². The Kier molecular flexibility index (Phi) is 3.87. The number of benzene rings is 1. The van der Waals surface area contributed by atoms with E-state index in [4.69, 9.17) is 10.4 Å². The molecule has 3 nitrogen and oxygen atoms in total. The van der Waals surface area contributed by atoms with Gasteiger partial charge in [0.15, 0.2) is 0 Å². The SMILES string of the molecule is CCc1cc(CC(=O)O)ccc1CC#N. The van der Waals surface area contributed by atoms with Crippen molar-refractivity contribution in [2.75, 3.05) is 0 Å². The minimum atomic E-state index is -0.829. The summed E-state index contributed by atoms with van der Waals surface area (Å²) in [6.07, 6.45) is 1.25. The van der Waals surface area contributed by atoms with Gasteiger partial charge in [-0.1, -0.05) is 25.1 Å². The van der Waals surface area contributed by atoms with Gasteiger partial charge in [0.2, 0.25) is 0 Å². The van der Waals surface area contributed by atoms with Gasteiger partial charge in [0.25, 0.3) is 0 Å². The van der Waals surface area contributed by atoms with Gasteiger partial charge in [0.1, 0.15) is 0 Å². The molecule has 0 aliphatic rings. The lowest BCUT2D eigenvalue weighted by molar-refractivity contribution is -0.136. The fraction of sp³-hybridized carbons (Fsp3) is 0.333. The smallest absolute Gasteiger partial charge is 0.307 e. The van der Waals surface area contributed by atoms with Crippen molar-refractivity contribution in [3.63, 3.8) is 0 Å². The predicted octanol–water partition coefficient (Wildman–Crippen LogP) is 1.94. The van der Waals surface area contributed by atoms with Crippen molar-refractivity contribution < 1.29 is 9.90 Å². The van der Waals surface area contributed by atoms with Crippen LogP contribution in [0.2, 0.25) is 0 Å². The van der Waals surface area contributed by atoms with Crippen LogP contribution in [0.1, 0.15) is 23.6 Å². The van der Waals surface area contributed by atoms with E-state index in [0.717, 1.165) is 23.1 Å². The van der Waals surface area contributed by atoms with E-state index in [1.54, 1.807) is 6.07 Å². The molecule has 0 radical (unpaired) electrons. The molecule has 1 aromatic carbocycles. The fourth-order valence-electron chi connectivity index (χ4n) is 1.55. The second-order valence-corrected chi connectivity index (χ2v) is 3.36. The number of aryl methyl sites for hydroxylation is 1. The molecule has 0 aliphatic carbocycles. The third-order valence-electron chi connectivity index (χ3n) is 2.28. The molecule has 0 heterocycles. The largest absolute Gasteiger partial charge is 0.481 e. The third-order valence-corrected chi connectivity index (χ3v) is 2.28. The average Bonchev–Trinajstić information content (AvgIpc) is 2.20. The molecule has 0 fully saturated rings. The maximum absolute atomic E-state index is 10.5. The van der Waals surface area contributed by atoms with Crippen LogP contribution in [0.4, 0.5) is 0 Å². The standard InChI is InChI=1S/C12H13NO2/c1-2-10-7-9(8-12(14)15)3-4-11(10)5-6-13/h3-4,7H,2,5,8H2,1H3,(H,14,15). The molecule has 1 aromatic rings. The van der Waals surface area contributed by atoms with E-state index in [1.807, 2.05) is 19.1 Å². The summed E-state index contributed by atoms with van der Waals surface area (Å²) in [7, 11) is 0. The molecule has 0 saturated heterocycles. The second-order valence-electron chi connectivity index (χ2n) is 3.36. The monoisotopic (exact) mass is 203 g/mol. The summed E-state index contributed by atoms with van der Waals surface area (Å²) in [6, 6.07) is 7.60. The van der Waals surface area contributed by atoms with Crippen LogP contribution >= 0.6 is 0 Å². The number of nitrogens with zero attached hydrogens (tertiary/aromatic N) is 1. The Hall–Kier alpha value is -1.82. The number of carboxylic acids is 1. The van der Waals surface area contributed by atoms with Crippen LogP contribution in [0, 0.1) is 11.3 Å². The first-order valence-electron chi connectivity index (χ1n) is 4.86. The van der Waals surface area contributed by atoms with E-state index in [2.05, 4.69) is 6.07 Å². The summed E-state index contributed by atoms with van der Waals surface area (Å²) in [6.45, 7) is 2.00. The van der Waals surface area contributed by atoms with Crippen LogP contribution in [0.15, 0.2) is 18.2 Å². The molecule has 1 N–H and O–H groups in total. The van der Waals surface area contributed by atoms with Crippen LogP contribution in [-0.4, -0.2) is 11.1 Å². The van der Waals surface area contributed by atoms with Crippen LogP contribution < -0.4 is 0 Å². The molecule has 0 saturated carbocycles. The van der Waals surface area contributed by atoms with Gasteiger partial charge < -0.3 is 5.11 Å². The maximum atomic E-state index is 10.5. The lowest BCUT2D eigenvalue weighted by Crippen LogP contribution is -2.02. The average molecular weight is 203 g/mol. The highest BCUT2D eigenvalue weighted by atomic mass is 16.4. The predicted molar refractivity (Wildman–Crippen MR) is 56.5 cm³/mol. The number of carboxylic acid groups (broad SMARTS) is 1. The van der Waals surface area contributed by atoms with Crippen molar-refractivity contribution in [2.24, 2.45) is 0 Å². The summed E-state index contributed by atoms with van der Waals surface area (Å²) >= 11 is 0. The first kappa shape index (κ1) is 11.3. The van der Waals surface area contributed by atoms with Gasteiger partial charge in [0.05, 0.1) is 18.9 Å². The molecule has 1 rings (SSSR count). The van der Waals surface area contributed by atoms with Gasteiger partial charge >= 0.3 is 5.97 Å². The Balaban J connectivity index is 2.97. The molecule has 0 spiro atoms. The van der Waals surface area contributed by atoms with Crippen LogP contribution in [0.5, 0.6) is 0 Å². The zero-order valence-corrected chi connectivity index (χ0v) is 8.66. The van der Waals surface area contributed by atoms with Crippen LogP contribution in [-0.2, 0) is 24.1 Å². The van der Waals surface area contributed by atoms with Gasteiger partial charge in [-0.25, -0.2) is 0 Å². The van der Waals surface area contributed by atoms with Crippen LogP contribution in [0.3, 0.4) is 0 Å². The lowest BCUT2D eigenvalue weighted by Gasteiger charge is -2.06. The minimum absolute atomic E-state index is 0.0415. The van der Waals surface area contributed by atoms with E-state index in [-0.39, 0.29) is 6.42 Å². The Labute approximate surface area is 89.0 Å². The molecule has 0 aliphatic heterocycles. The molecular formula is C12H13NO2. The van der Waals surface area contributed by atoms with Gasteiger partial charge in [0, 0.05) is 0 Å². The molecule has 0 amide bonds. The van der Waals surface area contributed by atoms with Crippen molar-refractivity contribution >= 4 is 5.97 Å². The molecule has 15 heavy (non-hydrogen) atoms. The summed E-state index contributed by atoms with van der Waals surface area (Å²) in [5.41, 5.74) is 2.85. The van der Waals surface area contributed by atoms with Crippen molar-refractivity contribution in [1.82, 2.24) is 0 Å². The summed E-state index contributed by atoms with van der Waals surface area (Å²) in [5.74, 6) is -0.829. The minimum Gasteiger partial charge on any atom is -0.481 e. The fourth-order valence-corrected chi connectivity index (χ4v) is 1.55. The van der Waals surface area contributed by atoms with Gasteiger partial charge in [-0.05, 0) is 23.1 Å². The Morgan fingerprint density at radius 2 is 2.20 bits per heavy atom. The molecular weight excluding hydrogens is 190 g/mol. The molecule has 78 valence electrons. The first-order valence-corrected chi connectivity index (χ1v) is 4.86. The van der Waals surface area contributed by atoms with E-state index in [9.17, 15) is 4.79 Å². The number of hydrogen-bond donors (Lipinski definition) is 1. The highest BCUT2D eigenvalue weighted by Gasteiger charge is 2.05. The number of carbonyl (C=O) groups is 1. The molecule has 0 aromatic heterocycles. The molecule has 0 atom stereocenters. The van der Waals surface area contributed by atoms with E-state index in [1.165, 1.54) is 0 Å². The van der Waals surface area contributed by atoms with Gasteiger partial charge in [-0.3, -0.25) is 4.79 Å². The van der Waals surface area contributed by atoms with Crippen molar-refractivity contribution in [3.05, 3.63) is 34.9 Å². The van der Waals surface area contributed by atoms with E-state index >= 15 is 0 Å². The maximum Gasteiger partial charge on any atom is 0.307 e. The van der Waals surface area contributed by atoms with Crippen LogP contribution in [0.25, 0.3) is 0 Å². The normalized spacial score (nSPS) is 9.60. The third kappa shape index (κ3) is 3.10. The highest BCUT2D eigenvalue weighted by Crippen LogP contribution is 2.14. The van der Waals surface area contributed by atoms with Gasteiger partial charge in [-0.15, -0.1) is 0 Å². The zero-order chi connectivity index (χ0) is 11.3.